The minimum atomic E-state index is -0.761. The van der Waals surface area contributed by atoms with Gasteiger partial charge < -0.3 is 15.3 Å². The van der Waals surface area contributed by atoms with Gasteiger partial charge in [-0.1, -0.05) is 0 Å². The van der Waals surface area contributed by atoms with Gasteiger partial charge in [-0.3, -0.25) is 9.59 Å². The van der Waals surface area contributed by atoms with Crippen molar-refractivity contribution in [2.45, 2.75) is 25.7 Å². The highest BCUT2D eigenvalue weighted by Crippen LogP contribution is 2.23. The van der Waals surface area contributed by atoms with Crippen LogP contribution in [0.4, 0.5) is 0 Å². The molecule has 2 unspecified atom stereocenters. The van der Waals surface area contributed by atoms with E-state index in [4.69, 9.17) is 5.11 Å². The first-order valence-corrected chi connectivity index (χ1v) is 6.38. The predicted molar refractivity (Wildman–Crippen MR) is 62.5 cm³/mol. The molecule has 0 bridgehead atoms. The summed E-state index contributed by atoms with van der Waals surface area (Å²) in [5.74, 6) is -0.297. The number of nitrogens with zero attached hydrogens (tertiary/aromatic N) is 1. The number of piperidine rings is 1. The number of carboxylic acid groups (broad SMARTS) is 1. The van der Waals surface area contributed by atoms with Crippen molar-refractivity contribution in [1.82, 2.24) is 10.2 Å². The normalized spacial score (nSPS) is 29.3. The fraction of sp³-hybridized carbons (Fsp3) is 0.833. The highest BCUT2D eigenvalue weighted by molar-refractivity contribution is 5.79. The van der Waals surface area contributed by atoms with Crippen LogP contribution in [0.1, 0.15) is 25.7 Å². The summed E-state index contributed by atoms with van der Waals surface area (Å²) in [5, 5.41) is 12.0. The Bertz CT molecular complexity index is 300. The van der Waals surface area contributed by atoms with Crippen LogP contribution in [0.25, 0.3) is 0 Å². The van der Waals surface area contributed by atoms with Gasteiger partial charge in [0.05, 0.1) is 5.92 Å². The molecule has 1 amide bonds. The molecule has 0 radical (unpaired) electrons. The first-order valence-electron chi connectivity index (χ1n) is 6.38. The Hall–Kier alpha value is -1.10. The number of hydrogen-bond acceptors (Lipinski definition) is 3. The minimum Gasteiger partial charge on any atom is -0.481 e. The largest absolute Gasteiger partial charge is 0.481 e. The van der Waals surface area contributed by atoms with E-state index in [-0.39, 0.29) is 24.2 Å². The molecule has 0 aromatic heterocycles. The van der Waals surface area contributed by atoms with Gasteiger partial charge in [0.2, 0.25) is 5.91 Å². The fourth-order valence-corrected chi connectivity index (χ4v) is 2.77. The van der Waals surface area contributed by atoms with Gasteiger partial charge in [0.15, 0.2) is 0 Å². The number of carboxylic acids is 1. The second kappa shape index (κ2) is 5.49. The zero-order chi connectivity index (χ0) is 12.3. The fourth-order valence-electron chi connectivity index (χ4n) is 2.77. The predicted octanol–water partition coefficient (Wildman–Crippen LogP) is 0.309. The third-order valence-corrected chi connectivity index (χ3v) is 3.71. The molecule has 2 saturated heterocycles. The second-order valence-electron chi connectivity index (χ2n) is 5.08. The first-order chi connectivity index (χ1) is 8.16. The second-order valence-corrected chi connectivity index (χ2v) is 5.08. The molecule has 2 rings (SSSR count). The van der Waals surface area contributed by atoms with Crippen molar-refractivity contribution in [1.29, 1.82) is 0 Å². The average Bonchev–Trinajstić information content (AvgIpc) is 2.77. The van der Waals surface area contributed by atoms with E-state index >= 15 is 0 Å². The van der Waals surface area contributed by atoms with Gasteiger partial charge in [-0.25, -0.2) is 0 Å². The topological polar surface area (TPSA) is 69.6 Å². The van der Waals surface area contributed by atoms with Crippen LogP contribution in [0.5, 0.6) is 0 Å². The number of aliphatic carboxylic acids is 1. The Morgan fingerprint density at radius 3 is 2.82 bits per heavy atom. The van der Waals surface area contributed by atoms with Crippen LogP contribution in [0.2, 0.25) is 0 Å². The lowest BCUT2D eigenvalue weighted by atomic mass is 9.98. The molecule has 0 aromatic carbocycles. The summed E-state index contributed by atoms with van der Waals surface area (Å²) in [6, 6.07) is 0. The van der Waals surface area contributed by atoms with Crippen molar-refractivity contribution in [2.75, 3.05) is 26.2 Å². The summed E-state index contributed by atoms with van der Waals surface area (Å²) in [7, 11) is 0. The van der Waals surface area contributed by atoms with Gasteiger partial charge in [0.1, 0.15) is 0 Å². The van der Waals surface area contributed by atoms with Crippen LogP contribution in [0.15, 0.2) is 0 Å². The summed E-state index contributed by atoms with van der Waals surface area (Å²) < 4.78 is 0. The van der Waals surface area contributed by atoms with E-state index in [1.54, 1.807) is 0 Å². The van der Waals surface area contributed by atoms with Crippen molar-refractivity contribution in [3.63, 3.8) is 0 Å². The van der Waals surface area contributed by atoms with Crippen LogP contribution in [0, 0.1) is 11.8 Å². The number of likely N-dealkylation sites (tertiary alicyclic amines) is 1. The molecule has 2 aliphatic heterocycles. The molecule has 2 heterocycles. The molecule has 2 atom stereocenters. The van der Waals surface area contributed by atoms with Crippen LogP contribution in [0.3, 0.4) is 0 Å². The zero-order valence-electron chi connectivity index (χ0n) is 10.0. The van der Waals surface area contributed by atoms with Crippen molar-refractivity contribution >= 4 is 11.9 Å². The number of amides is 1. The van der Waals surface area contributed by atoms with E-state index in [1.165, 1.54) is 0 Å². The molecular weight excluding hydrogens is 220 g/mol. The molecule has 2 N–H and O–H groups in total. The van der Waals surface area contributed by atoms with Crippen LogP contribution >= 0.6 is 0 Å². The van der Waals surface area contributed by atoms with Crippen molar-refractivity contribution < 1.29 is 14.7 Å². The Morgan fingerprint density at radius 2 is 2.18 bits per heavy atom. The number of nitrogens with one attached hydrogen (secondary N) is 1. The van der Waals surface area contributed by atoms with Gasteiger partial charge in [-0.2, -0.15) is 0 Å². The Kier molecular flexibility index (Phi) is 3.99. The Balaban J connectivity index is 1.82. The van der Waals surface area contributed by atoms with E-state index < -0.39 is 5.97 Å². The summed E-state index contributed by atoms with van der Waals surface area (Å²) in [6.07, 6.45) is 3.04. The highest BCUT2D eigenvalue weighted by atomic mass is 16.4. The summed E-state index contributed by atoms with van der Waals surface area (Å²) >= 11 is 0. The maximum Gasteiger partial charge on any atom is 0.303 e. The number of carbonyl (C=O) groups is 2. The van der Waals surface area contributed by atoms with Crippen LogP contribution < -0.4 is 5.32 Å². The Labute approximate surface area is 101 Å². The first kappa shape index (κ1) is 12.4. The van der Waals surface area contributed by atoms with E-state index in [1.807, 2.05) is 4.90 Å². The minimum absolute atomic E-state index is 0.104. The van der Waals surface area contributed by atoms with E-state index in [2.05, 4.69) is 5.32 Å². The number of hydrogen-bond donors (Lipinski definition) is 2. The molecule has 0 aliphatic carbocycles. The molecule has 0 saturated carbocycles. The maximum absolute atomic E-state index is 12.2. The highest BCUT2D eigenvalue weighted by Gasteiger charge is 2.32. The summed E-state index contributed by atoms with van der Waals surface area (Å²) in [5.41, 5.74) is 0. The third kappa shape index (κ3) is 3.19. The smallest absolute Gasteiger partial charge is 0.303 e. The lowest BCUT2D eigenvalue weighted by Gasteiger charge is -2.26. The molecule has 0 spiro atoms. The van der Waals surface area contributed by atoms with Crippen molar-refractivity contribution in [2.24, 2.45) is 11.8 Å². The lowest BCUT2D eigenvalue weighted by Crippen LogP contribution is -2.42. The van der Waals surface area contributed by atoms with Gasteiger partial charge in [0.25, 0.3) is 0 Å². The van der Waals surface area contributed by atoms with Crippen LogP contribution in [-0.4, -0.2) is 48.1 Å². The maximum atomic E-state index is 12.2. The van der Waals surface area contributed by atoms with Gasteiger partial charge in [-0.15, -0.1) is 0 Å². The third-order valence-electron chi connectivity index (χ3n) is 3.71. The van der Waals surface area contributed by atoms with Gasteiger partial charge in [-0.05, 0) is 31.7 Å². The molecular formula is C12H20N2O3. The quantitative estimate of drug-likeness (QED) is 0.745. The molecule has 0 aromatic rings. The van der Waals surface area contributed by atoms with E-state index in [9.17, 15) is 9.59 Å². The Morgan fingerprint density at radius 1 is 1.35 bits per heavy atom. The number of rotatable bonds is 3. The molecule has 2 fully saturated rings. The summed E-state index contributed by atoms with van der Waals surface area (Å²) in [6.45, 7) is 3.14. The molecule has 96 valence electrons. The van der Waals surface area contributed by atoms with Crippen molar-refractivity contribution in [3.8, 4) is 0 Å². The SMILES string of the molecule is O=C(O)CC1CCN(C(=O)C2CCCNC2)C1. The summed E-state index contributed by atoms with van der Waals surface area (Å²) in [4.78, 5) is 24.6. The molecule has 5 heteroatoms. The van der Waals surface area contributed by atoms with E-state index in [0.29, 0.717) is 6.54 Å². The monoisotopic (exact) mass is 240 g/mol. The zero-order valence-corrected chi connectivity index (χ0v) is 10.0. The van der Waals surface area contributed by atoms with Crippen molar-refractivity contribution in [3.05, 3.63) is 0 Å². The van der Waals surface area contributed by atoms with Crippen LogP contribution in [-0.2, 0) is 9.59 Å². The standard InChI is InChI=1S/C12H20N2O3/c15-11(16)6-9-3-5-14(8-9)12(17)10-2-1-4-13-7-10/h9-10,13H,1-8H2,(H,15,16). The molecule has 5 nitrogen and oxygen atoms in total. The number of carbonyl (C=O) groups excluding carboxylic acids is 1. The van der Waals surface area contributed by atoms with Gasteiger partial charge in [0, 0.05) is 26.1 Å². The lowest BCUT2D eigenvalue weighted by molar-refractivity contribution is -0.139. The average molecular weight is 240 g/mol. The molecule has 2 aliphatic rings. The van der Waals surface area contributed by atoms with E-state index in [0.717, 1.165) is 38.9 Å². The molecule has 17 heavy (non-hydrogen) atoms. The van der Waals surface area contributed by atoms with Gasteiger partial charge >= 0.3 is 5.97 Å².